The van der Waals surface area contributed by atoms with E-state index in [-0.39, 0.29) is 0 Å². The minimum Gasteiger partial charge on any atom is -0.122 e. The molecule has 1 aromatic rings. The first kappa shape index (κ1) is 14.0. The van der Waals surface area contributed by atoms with Gasteiger partial charge in [0.2, 0.25) is 0 Å². The summed E-state index contributed by atoms with van der Waals surface area (Å²) in [6.45, 7) is 9.42. The minimum absolute atomic E-state index is 0.446. The number of benzene rings is 1. The second kappa shape index (κ2) is 5.69. The van der Waals surface area contributed by atoms with E-state index in [0.29, 0.717) is 5.41 Å². The zero-order valence-electron chi connectivity index (χ0n) is 12.2. The van der Waals surface area contributed by atoms with Crippen LogP contribution in [0.4, 0.5) is 0 Å². The third kappa shape index (κ3) is 3.54. The monoisotopic (exact) mass is 262 g/mol. The molecule has 2 unspecified atom stereocenters. The van der Waals surface area contributed by atoms with Crippen molar-refractivity contribution in [2.75, 3.05) is 0 Å². The maximum absolute atomic E-state index is 2.41. The first-order valence-corrected chi connectivity index (χ1v) is 8.08. The van der Waals surface area contributed by atoms with Crippen LogP contribution in [0.2, 0.25) is 0 Å². The fourth-order valence-corrected chi connectivity index (χ4v) is 4.85. The van der Waals surface area contributed by atoms with Crippen molar-refractivity contribution in [3.63, 3.8) is 0 Å². The number of hydrogen-bond acceptors (Lipinski definition) is 1. The first-order chi connectivity index (χ1) is 8.47. The van der Waals surface area contributed by atoms with Crippen LogP contribution in [0.3, 0.4) is 0 Å². The maximum atomic E-state index is 2.41. The summed E-state index contributed by atoms with van der Waals surface area (Å²) in [5.74, 6) is 0.858. The van der Waals surface area contributed by atoms with E-state index in [4.69, 9.17) is 0 Å². The summed E-state index contributed by atoms with van der Waals surface area (Å²) in [6, 6.07) is 8.98. The Morgan fingerprint density at radius 3 is 2.50 bits per heavy atom. The Bertz CT molecular complexity index is 389. The van der Waals surface area contributed by atoms with Gasteiger partial charge in [0.15, 0.2) is 0 Å². The molecule has 0 amide bonds. The third-order valence-electron chi connectivity index (χ3n) is 4.09. The topological polar surface area (TPSA) is 0 Å². The van der Waals surface area contributed by atoms with E-state index in [1.807, 2.05) is 0 Å². The smallest absolute Gasteiger partial charge is 0.0128 e. The highest BCUT2D eigenvalue weighted by atomic mass is 32.2. The average molecular weight is 262 g/mol. The van der Waals surface area contributed by atoms with Crippen molar-refractivity contribution in [1.82, 2.24) is 0 Å². The van der Waals surface area contributed by atoms with Crippen LogP contribution in [0, 0.1) is 18.3 Å². The fraction of sp³-hybridized carbons (Fsp3) is 0.647. The van der Waals surface area contributed by atoms with Crippen LogP contribution in [-0.4, -0.2) is 5.25 Å². The summed E-state index contributed by atoms with van der Waals surface area (Å²) in [4.78, 5) is 1.45. The van der Waals surface area contributed by atoms with Crippen molar-refractivity contribution in [1.29, 1.82) is 0 Å². The molecule has 0 nitrogen and oxygen atoms in total. The van der Waals surface area contributed by atoms with E-state index in [1.54, 1.807) is 0 Å². The molecule has 0 aromatic heterocycles. The molecule has 1 aliphatic rings. The Morgan fingerprint density at radius 1 is 1.11 bits per heavy atom. The number of rotatable bonds is 2. The van der Waals surface area contributed by atoms with Gasteiger partial charge in [-0.2, -0.15) is 0 Å². The normalized spacial score (nSPS) is 25.1. The van der Waals surface area contributed by atoms with E-state index in [2.05, 4.69) is 63.7 Å². The molecule has 2 rings (SSSR count). The molecule has 1 aromatic carbocycles. The first-order valence-electron chi connectivity index (χ1n) is 7.20. The molecule has 1 aliphatic carbocycles. The molecule has 0 heterocycles. The van der Waals surface area contributed by atoms with Gasteiger partial charge in [-0.15, -0.1) is 11.8 Å². The molecular formula is C17H26S. The molecule has 0 aliphatic heterocycles. The van der Waals surface area contributed by atoms with Crippen LogP contribution >= 0.6 is 11.8 Å². The highest BCUT2D eigenvalue weighted by Gasteiger charge is 2.34. The molecule has 0 spiro atoms. The van der Waals surface area contributed by atoms with Crippen LogP contribution in [-0.2, 0) is 0 Å². The van der Waals surface area contributed by atoms with Gasteiger partial charge >= 0.3 is 0 Å². The Balaban J connectivity index is 2.10. The van der Waals surface area contributed by atoms with Gasteiger partial charge in [-0.3, -0.25) is 0 Å². The molecule has 1 heteroatoms. The third-order valence-corrected chi connectivity index (χ3v) is 5.49. The van der Waals surface area contributed by atoms with Gasteiger partial charge in [-0.1, -0.05) is 51.3 Å². The Morgan fingerprint density at radius 2 is 1.83 bits per heavy atom. The quantitative estimate of drug-likeness (QED) is 0.659. The summed E-state index contributed by atoms with van der Waals surface area (Å²) in [5.41, 5.74) is 1.82. The molecule has 0 saturated heterocycles. The molecule has 18 heavy (non-hydrogen) atoms. The van der Waals surface area contributed by atoms with Crippen molar-refractivity contribution in [2.45, 2.75) is 63.5 Å². The number of thioether (sulfide) groups is 1. The fourth-order valence-electron chi connectivity index (χ4n) is 3.09. The van der Waals surface area contributed by atoms with Gasteiger partial charge in [-0.25, -0.2) is 0 Å². The lowest BCUT2D eigenvalue weighted by molar-refractivity contribution is 0.187. The van der Waals surface area contributed by atoms with E-state index < -0.39 is 0 Å². The van der Waals surface area contributed by atoms with Crippen LogP contribution in [0.5, 0.6) is 0 Å². The summed E-state index contributed by atoms with van der Waals surface area (Å²) < 4.78 is 0. The van der Waals surface area contributed by atoms with Gasteiger partial charge in [0, 0.05) is 10.1 Å². The number of hydrogen-bond donors (Lipinski definition) is 0. The van der Waals surface area contributed by atoms with Crippen molar-refractivity contribution >= 4 is 11.8 Å². The zero-order chi connectivity index (χ0) is 13.2. The molecular weight excluding hydrogens is 236 g/mol. The molecule has 1 saturated carbocycles. The van der Waals surface area contributed by atoms with E-state index in [1.165, 1.54) is 36.1 Å². The van der Waals surface area contributed by atoms with E-state index in [9.17, 15) is 0 Å². The molecule has 100 valence electrons. The van der Waals surface area contributed by atoms with Crippen LogP contribution in [0.15, 0.2) is 29.2 Å². The Hall–Kier alpha value is -0.430. The van der Waals surface area contributed by atoms with Crippen LogP contribution in [0.25, 0.3) is 0 Å². The Labute approximate surface area is 117 Å². The summed E-state index contributed by atoms with van der Waals surface area (Å²) in [6.07, 6.45) is 5.64. The molecule has 1 fully saturated rings. The van der Waals surface area contributed by atoms with Crippen molar-refractivity contribution in [3.8, 4) is 0 Å². The second-order valence-corrected chi connectivity index (χ2v) is 8.04. The lowest BCUT2D eigenvalue weighted by Crippen LogP contribution is -2.32. The van der Waals surface area contributed by atoms with E-state index >= 15 is 0 Å². The van der Waals surface area contributed by atoms with Crippen molar-refractivity contribution in [3.05, 3.63) is 29.8 Å². The maximum Gasteiger partial charge on any atom is 0.0128 e. The Kier molecular flexibility index (Phi) is 4.42. The predicted octanol–water partition coefficient (Wildman–Crippen LogP) is 5.69. The van der Waals surface area contributed by atoms with E-state index in [0.717, 1.165) is 11.2 Å². The largest absolute Gasteiger partial charge is 0.122 e. The van der Waals surface area contributed by atoms with Gasteiger partial charge in [0.1, 0.15) is 0 Å². The van der Waals surface area contributed by atoms with Gasteiger partial charge in [0.25, 0.3) is 0 Å². The van der Waals surface area contributed by atoms with Gasteiger partial charge < -0.3 is 0 Å². The SMILES string of the molecule is Cc1cccc(SC2CCCCC2C(C)(C)C)c1. The average Bonchev–Trinajstić information content (AvgIpc) is 2.28. The highest BCUT2D eigenvalue weighted by Crippen LogP contribution is 2.45. The van der Waals surface area contributed by atoms with Crippen LogP contribution in [0.1, 0.15) is 52.0 Å². The summed E-state index contributed by atoms with van der Waals surface area (Å²) in [5, 5.41) is 0.806. The zero-order valence-corrected chi connectivity index (χ0v) is 13.0. The standard InChI is InChI=1S/C17H26S/c1-13-8-7-9-14(12-13)18-16-11-6-5-10-15(16)17(2,3)4/h7-9,12,15-16H,5-6,10-11H2,1-4H3. The number of aryl methyl sites for hydroxylation is 1. The van der Waals surface area contributed by atoms with Crippen molar-refractivity contribution < 1.29 is 0 Å². The molecule has 0 radical (unpaired) electrons. The summed E-state index contributed by atoms with van der Waals surface area (Å²) >= 11 is 2.11. The van der Waals surface area contributed by atoms with Crippen molar-refractivity contribution in [2.24, 2.45) is 11.3 Å². The van der Waals surface area contributed by atoms with Gasteiger partial charge in [-0.05, 0) is 43.2 Å². The highest BCUT2D eigenvalue weighted by molar-refractivity contribution is 8.00. The van der Waals surface area contributed by atoms with Gasteiger partial charge in [0.05, 0.1) is 0 Å². The molecule has 0 N–H and O–H groups in total. The molecule has 2 atom stereocenters. The van der Waals surface area contributed by atoms with Crippen LogP contribution < -0.4 is 0 Å². The lowest BCUT2D eigenvalue weighted by Gasteiger charge is -2.40. The predicted molar refractivity (Wildman–Crippen MR) is 82.2 cm³/mol. The minimum atomic E-state index is 0.446. The molecule has 0 bridgehead atoms. The lowest BCUT2D eigenvalue weighted by atomic mass is 9.72. The summed E-state index contributed by atoms with van der Waals surface area (Å²) in [7, 11) is 0. The second-order valence-electron chi connectivity index (χ2n) is 6.73.